The molecule has 0 aliphatic heterocycles. The number of benzene rings is 1. The lowest BCUT2D eigenvalue weighted by Gasteiger charge is -2.19. The van der Waals surface area contributed by atoms with E-state index in [9.17, 15) is 9.59 Å². The highest BCUT2D eigenvalue weighted by Crippen LogP contribution is 2.31. The molecule has 0 unspecified atom stereocenters. The Labute approximate surface area is 175 Å². The highest BCUT2D eigenvalue weighted by atomic mass is 16.2. The third-order valence-corrected chi connectivity index (χ3v) is 5.59. The first-order valence-corrected chi connectivity index (χ1v) is 9.98. The van der Waals surface area contributed by atoms with Crippen molar-refractivity contribution in [2.75, 3.05) is 0 Å². The van der Waals surface area contributed by atoms with Gasteiger partial charge in [0.05, 0.1) is 28.8 Å². The van der Waals surface area contributed by atoms with Gasteiger partial charge in [-0.3, -0.25) is 18.9 Å². The van der Waals surface area contributed by atoms with Gasteiger partial charge in [-0.25, -0.2) is 4.79 Å². The smallest absolute Gasteiger partial charge is 0.330 e. The monoisotopic (exact) mass is 402 g/mol. The Kier molecular flexibility index (Phi) is 4.73. The summed E-state index contributed by atoms with van der Waals surface area (Å²) in [7, 11) is 3.22. The van der Waals surface area contributed by atoms with E-state index in [0.29, 0.717) is 17.4 Å². The molecule has 6 nitrogen and oxygen atoms in total. The number of aryl methyl sites for hydroxylation is 1. The van der Waals surface area contributed by atoms with Gasteiger partial charge in [0.15, 0.2) is 0 Å². The van der Waals surface area contributed by atoms with Crippen LogP contribution in [0.1, 0.15) is 32.0 Å². The normalized spacial score (nSPS) is 11.9. The topological polar surface area (TPSA) is 61.8 Å². The minimum absolute atomic E-state index is 0.0383. The number of fused-ring (bicyclic) bond motifs is 1. The van der Waals surface area contributed by atoms with Crippen LogP contribution in [0.2, 0.25) is 0 Å². The van der Waals surface area contributed by atoms with Crippen LogP contribution in [0.25, 0.3) is 22.2 Å². The first-order chi connectivity index (χ1) is 14.2. The van der Waals surface area contributed by atoms with E-state index in [4.69, 9.17) is 0 Å². The van der Waals surface area contributed by atoms with Crippen LogP contribution in [0.3, 0.4) is 0 Å². The zero-order valence-corrected chi connectivity index (χ0v) is 18.0. The van der Waals surface area contributed by atoms with E-state index in [1.807, 2.05) is 29.0 Å². The van der Waals surface area contributed by atoms with Crippen molar-refractivity contribution in [3.63, 3.8) is 0 Å². The molecule has 3 heterocycles. The second-order valence-electron chi connectivity index (χ2n) is 8.72. The molecular weight excluding hydrogens is 376 g/mol. The van der Waals surface area contributed by atoms with Crippen molar-refractivity contribution < 1.29 is 0 Å². The van der Waals surface area contributed by atoms with Crippen molar-refractivity contribution in [2.45, 2.75) is 32.7 Å². The highest BCUT2D eigenvalue weighted by molar-refractivity contribution is 5.93. The quantitative estimate of drug-likeness (QED) is 0.527. The Morgan fingerprint density at radius 2 is 1.63 bits per heavy atom. The lowest BCUT2D eigenvalue weighted by atomic mass is 9.86. The second kappa shape index (κ2) is 7.13. The van der Waals surface area contributed by atoms with Crippen LogP contribution in [-0.4, -0.2) is 18.7 Å². The molecular formula is C24H26N4O2. The van der Waals surface area contributed by atoms with E-state index < -0.39 is 0 Å². The average Bonchev–Trinajstić information content (AvgIpc) is 3.10. The van der Waals surface area contributed by atoms with Gasteiger partial charge in [-0.1, -0.05) is 51.1 Å². The Hall–Kier alpha value is -3.41. The maximum atomic E-state index is 13.1. The molecule has 0 aliphatic rings. The lowest BCUT2D eigenvalue weighted by Crippen LogP contribution is -2.36. The van der Waals surface area contributed by atoms with Gasteiger partial charge in [0.1, 0.15) is 0 Å². The van der Waals surface area contributed by atoms with Gasteiger partial charge in [-0.2, -0.15) is 0 Å². The SMILES string of the molecule is Cn1c(=O)c2c(-c3ccc(C(C)(C)C)cc3)n(Cc3ccccn3)cc2n(C)c1=O. The predicted octanol–water partition coefficient (Wildman–Crippen LogP) is 3.45. The first-order valence-electron chi connectivity index (χ1n) is 9.98. The van der Waals surface area contributed by atoms with Gasteiger partial charge in [-0.15, -0.1) is 0 Å². The van der Waals surface area contributed by atoms with E-state index in [0.717, 1.165) is 17.0 Å². The zero-order chi connectivity index (χ0) is 21.6. The fraction of sp³-hybridized carbons (Fsp3) is 0.292. The minimum atomic E-state index is -0.336. The number of nitrogens with zero attached hydrogens (tertiary/aromatic N) is 4. The van der Waals surface area contributed by atoms with Crippen LogP contribution in [0.4, 0.5) is 0 Å². The molecule has 0 amide bonds. The van der Waals surface area contributed by atoms with Crippen LogP contribution in [-0.2, 0) is 26.1 Å². The third kappa shape index (κ3) is 3.28. The maximum absolute atomic E-state index is 13.1. The molecule has 1 aromatic carbocycles. The van der Waals surface area contributed by atoms with E-state index >= 15 is 0 Å². The highest BCUT2D eigenvalue weighted by Gasteiger charge is 2.20. The van der Waals surface area contributed by atoms with Crippen molar-refractivity contribution in [3.05, 3.63) is 87.0 Å². The van der Waals surface area contributed by atoms with E-state index in [2.05, 4.69) is 50.0 Å². The van der Waals surface area contributed by atoms with Crippen LogP contribution < -0.4 is 11.2 Å². The number of hydrogen-bond donors (Lipinski definition) is 0. The Morgan fingerprint density at radius 1 is 0.933 bits per heavy atom. The van der Waals surface area contributed by atoms with Crippen molar-refractivity contribution in [3.8, 4) is 11.3 Å². The summed E-state index contributed by atoms with van der Waals surface area (Å²) in [5.41, 5.74) is 3.87. The Balaban J connectivity index is 2.01. The van der Waals surface area contributed by atoms with E-state index in [-0.39, 0.29) is 16.7 Å². The summed E-state index contributed by atoms with van der Waals surface area (Å²) >= 11 is 0. The molecule has 154 valence electrons. The summed E-state index contributed by atoms with van der Waals surface area (Å²) in [6.45, 7) is 7.02. The molecule has 0 aliphatic carbocycles. The van der Waals surface area contributed by atoms with Crippen molar-refractivity contribution in [1.82, 2.24) is 18.7 Å². The van der Waals surface area contributed by atoms with Crippen molar-refractivity contribution in [1.29, 1.82) is 0 Å². The molecule has 6 heteroatoms. The Morgan fingerprint density at radius 3 is 2.23 bits per heavy atom. The average molecular weight is 402 g/mol. The summed E-state index contributed by atoms with van der Waals surface area (Å²) in [5.74, 6) is 0. The molecule has 0 fully saturated rings. The summed E-state index contributed by atoms with van der Waals surface area (Å²) < 4.78 is 4.71. The number of pyridine rings is 1. The largest absolute Gasteiger partial charge is 0.339 e. The van der Waals surface area contributed by atoms with Gasteiger partial charge in [0, 0.05) is 26.5 Å². The lowest BCUT2D eigenvalue weighted by molar-refractivity contribution is 0.590. The molecule has 30 heavy (non-hydrogen) atoms. The van der Waals surface area contributed by atoms with Crippen molar-refractivity contribution >= 4 is 10.9 Å². The number of rotatable bonds is 3. The minimum Gasteiger partial charge on any atom is -0.339 e. The Bertz CT molecular complexity index is 1340. The molecule has 0 atom stereocenters. The van der Waals surface area contributed by atoms with Gasteiger partial charge in [-0.05, 0) is 28.7 Å². The molecule has 4 aromatic rings. The molecule has 0 bridgehead atoms. The maximum Gasteiger partial charge on any atom is 0.330 e. The summed E-state index contributed by atoms with van der Waals surface area (Å²) in [6.07, 6.45) is 3.63. The summed E-state index contributed by atoms with van der Waals surface area (Å²) in [6, 6.07) is 14.1. The van der Waals surface area contributed by atoms with Gasteiger partial charge >= 0.3 is 5.69 Å². The first kappa shape index (κ1) is 19.9. The fourth-order valence-electron chi connectivity index (χ4n) is 3.82. The van der Waals surface area contributed by atoms with Crippen molar-refractivity contribution in [2.24, 2.45) is 14.1 Å². The molecule has 4 rings (SSSR count). The van der Waals surface area contributed by atoms with Crippen LogP contribution >= 0.6 is 0 Å². The molecule has 0 N–H and O–H groups in total. The summed E-state index contributed by atoms with van der Waals surface area (Å²) in [5, 5.41) is 0.541. The molecule has 3 aromatic heterocycles. The van der Waals surface area contributed by atoms with E-state index in [1.54, 1.807) is 13.2 Å². The van der Waals surface area contributed by atoms with Crippen LogP contribution in [0, 0.1) is 0 Å². The van der Waals surface area contributed by atoms with Gasteiger partial charge in [0.25, 0.3) is 5.56 Å². The molecule has 0 saturated heterocycles. The zero-order valence-electron chi connectivity index (χ0n) is 18.0. The van der Waals surface area contributed by atoms with Crippen LogP contribution in [0.5, 0.6) is 0 Å². The van der Waals surface area contributed by atoms with Gasteiger partial charge in [0.2, 0.25) is 0 Å². The standard InChI is InChI=1S/C24H26N4O2/c1-24(2,3)17-11-9-16(10-12-17)21-20-19(26(4)23(30)27(5)22(20)29)15-28(21)14-18-8-6-7-13-25-18/h6-13,15H,14H2,1-5H3. The predicted molar refractivity (Wildman–Crippen MR) is 120 cm³/mol. The van der Waals surface area contributed by atoms with E-state index in [1.165, 1.54) is 21.7 Å². The third-order valence-electron chi connectivity index (χ3n) is 5.59. The molecule has 0 saturated carbocycles. The number of hydrogen-bond acceptors (Lipinski definition) is 3. The fourth-order valence-corrected chi connectivity index (χ4v) is 3.82. The van der Waals surface area contributed by atoms with Gasteiger partial charge < -0.3 is 4.57 Å². The van der Waals surface area contributed by atoms with Crippen LogP contribution in [0.15, 0.2) is 64.4 Å². The summed E-state index contributed by atoms with van der Waals surface area (Å²) in [4.78, 5) is 30.0. The number of aromatic nitrogens is 4. The second-order valence-corrected chi connectivity index (χ2v) is 8.72. The molecule has 0 spiro atoms. The molecule has 0 radical (unpaired) electrons.